The van der Waals surface area contributed by atoms with Gasteiger partial charge in [-0.15, -0.1) is 11.3 Å². The van der Waals surface area contributed by atoms with E-state index in [2.05, 4.69) is 6.07 Å². The molecular weight excluding hydrogens is 426 g/mol. The maximum absolute atomic E-state index is 13.1. The molecule has 6 nitrogen and oxygen atoms in total. The Morgan fingerprint density at radius 2 is 2.10 bits per heavy atom. The number of carbonyl (C=O) groups is 1. The number of carbonyl (C=O) groups excluding carboxylic acids is 1. The number of hydrogen-bond acceptors (Lipinski definition) is 8. The third-order valence-electron chi connectivity index (χ3n) is 4.48. The highest BCUT2D eigenvalue weighted by molar-refractivity contribution is 7.08. The Hall–Kier alpha value is -2.93. The lowest BCUT2D eigenvalue weighted by Crippen LogP contribution is -2.40. The highest BCUT2D eigenvalue weighted by Gasteiger charge is 2.36. The van der Waals surface area contributed by atoms with Crippen LogP contribution in [-0.2, 0) is 9.53 Å². The lowest BCUT2D eigenvalue weighted by molar-refractivity contribution is -0.136. The molecule has 0 unspecified atom stereocenters. The normalized spacial score (nSPS) is 16.6. The molecule has 2 N–H and O–H groups in total. The first kappa shape index (κ1) is 19.4. The summed E-state index contributed by atoms with van der Waals surface area (Å²) in [4.78, 5) is 26.0. The minimum atomic E-state index is -0.669. The molecule has 1 atom stereocenters. The fourth-order valence-electron chi connectivity index (χ4n) is 3.23. The van der Waals surface area contributed by atoms with Gasteiger partial charge in [0.05, 0.1) is 34.3 Å². The number of hydrogen-bond donors (Lipinski definition) is 1. The van der Waals surface area contributed by atoms with Crippen LogP contribution in [0.5, 0.6) is 0 Å². The molecule has 1 aliphatic heterocycles. The summed E-state index contributed by atoms with van der Waals surface area (Å²) in [5.41, 5.74) is 8.02. The summed E-state index contributed by atoms with van der Waals surface area (Å²) in [7, 11) is 0. The van der Waals surface area contributed by atoms with Gasteiger partial charge >= 0.3 is 5.97 Å². The third-order valence-corrected chi connectivity index (χ3v) is 6.99. The zero-order chi connectivity index (χ0) is 20.5. The van der Waals surface area contributed by atoms with Gasteiger partial charge in [0.25, 0.3) is 5.56 Å². The summed E-state index contributed by atoms with van der Waals surface area (Å²) in [5.74, 6) is -1.17. The van der Waals surface area contributed by atoms with Crippen molar-refractivity contribution in [3.63, 3.8) is 0 Å². The topological polar surface area (TPSA) is 98.1 Å². The van der Waals surface area contributed by atoms with Gasteiger partial charge in [0, 0.05) is 0 Å². The predicted octanol–water partition coefficient (Wildman–Crippen LogP) is 2.02. The van der Waals surface area contributed by atoms with Crippen LogP contribution >= 0.6 is 34.0 Å². The van der Waals surface area contributed by atoms with E-state index < -0.39 is 11.9 Å². The Bertz CT molecular complexity index is 1320. The molecule has 9 heteroatoms. The summed E-state index contributed by atoms with van der Waals surface area (Å²) in [5, 5.41) is 17.4. The molecule has 0 aliphatic carbocycles. The van der Waals surface area contributed by atoms with Gasteiger partial charge in [-0.25, -0.2) is 4.79 Å². The molecule has 0 amide bonds. The van der Waals surface area contributed by atoms with Gasteiger partial charge in [0.2, 0.25) is 0 Å². The first-order valence-electron chi connectivity index (χ1n) is 8.66. The molecule has 0 aromatic carbocycles. The van der Waals surface area contributed by atoms with Crippen molar-refractivity contribution in [1.82, 2.24) is 4.57 Å². The van der Waals surface area contributed by atoms with Gasteiger partial charge in [-0.2, -0.15) is 27.9 Å². The second-order valence-electron chi connectivity index (χ2n) is 6.15. The Labute approximate surface area is 177 Å². The average Bonchev–Trinajstić information content (AvgIpc) is 3.45. The van der Waals surface area contributed by atoms with Crippen molar-refractivity contribution < 1.29 is 9.53 Å². The molecule has 29 heavy (non-hydrogen) atoms. The molecule has 4 heterocycles. The fraction of sp³-hybridized carbons (Fsp3) is 0.150. The smallest absolute Gasteiger partial charge is 0.338 e. The maximum Gasteiger partial charge on any atom is 0.338 e. The molecule has 3 aromatic rings. The number of nitrogens with two attached hydrogens (primary N) is 1. The molecule has 3 aromatic heterocycles. The van der Waals surface area contributed by atoms with E-state index in [4.69, 9.17) is 10.5 Å². The van der Waals surface area contributed by atoms with Gasteiger partial charge in [0.1, 0.15) is 10.5 Å². The van der Waals surface area contributed by atoms with Gasteiger partial charge in [-0.05, 0) is 57.8 Å². The number of rotatable bonds is 4. The summed E-state index contributed by atoms with van der Waals surface area (Å²) in [6.07, 6.45) is 1.76. The van der Waals surface area contributed by atoms with Gasteiger partial charge < -0.3 is 10.5 Å². The molecular formula is C20H15N3O3S3. The van der Waals surface area contributed by atoms with Crippen LogP contribution in [0.4, 0.5) is 0 Å². The van der Waals surface area contributed by atoms with E-state index in [1.165, 1.54) is 38.6 Å². The van der Waals surface area contributed by atoms with E-state index in [0.29, 0.717) is 9.20 Å². The number of allylic oxidation sites excluding steroid dienone is 1. The Balaban J connectivity index is 2.11. The molecule has 1 aliphatic rings. The van der Waals surface area contributed by atoms with Crippen LogP contribution < -0.4 is 20.5 Å². The monoisotopic (exact) mass is 441 g/mol. The van der Waals surface area contributed by atoms with Crippen LogP contribution in [0.1, 0.15) is 24.0 Å². The minimum absolute atomic E-state index is 0.0537. The van der Waals surface area contributed by atoms with Gasteiger partial charge in [0.15, 0.2) is 0 Å². The minimum Gasteiger partial charge on any atom is -0.463 e. The SMILES string of the molecule is CCOC(=O)C1=c2s/c(=C\c3ccsc3)c(=O)n2C(N)=C(C#N)[C@@H]1c1ccsc1. The Morgan fingerprint density at radius 1 is 1.34 bits per heavy atom. The molecule has 0 saturated heterocycles. The molecule has 0 radical (unpaired) electrons. The average molecular weight is 442 g/mol. The first-order chi connectivity index (χ1) is 14.1. The van der Waals surface area contributed by atoms with E-state index in [-0.39, 0.29) is 29.1 Å². The lowest BCUT2D eigenvalue weighted by Gasteiger charge is -2.23. The van der Waals surface area contributed by atoms with Crippen LogP contribution in [-0.4, -0.2) is 17.1 Å². The van der Waals surface area contributed by atoms with E-state index in [1.54, 1.807) is 13.0 Å². The van der Waals surface area contributed by atoms with Crippen molar-refractivity contribution >= 4 is 57.4 Å². The molecule has 0 saturated carbocycles. The summed E-state index contributed by atoms with van der Waals surface area (Å²) >= 11 is 4.16. The van der Waals surface area contributed by atoms with E-state index in [9.17, 15) is 14.9 Å². The zero-order valence-corrected chi connectivity index (χ0v) is 17.7. The van der Waals surface area contributed by atoms with Crippen molar-refractivity contribution in [2.24, 2.45) is 5.73 Å². The number of nitriles is 1. The first-order valence-corrected chi connectivity index (χ1v) is 11.4. The number of aromatic nitrogens is 1. The summed E-state index contributed by atoms with van der Waals surface area (Å²) in [6, 6.07) is 5.86. The Morgan fingerprint density at radius 3 is 2.72 bits per heavy atom. The standard InChI is InChI=1S/C20H15N3O3S3/c1-2-26-20(25)16-15(12-4-6-28-10-12)13(8-21)17(22)23-18(24)14(29-19(16)23)7-11-3-5-27-9-11/h3-7,9-10,15H,2,22H2,1H3/b14-7-/t15-/m0/s1. The number of thiophene rings is 2. The van der Waals surface area contributed by atoms with Gasteiger partial charge in [-0.3, -0.25) is 9.36 Å². The Kier molecular flexibility index (Phi) is 5.24. The molecule has 0 fully saturated rings. The number of nitrogens with zero attached hydrogens (tertiary/aromatic N) is 2. The van der Waals surface area contributed by atoms with Crippen molar-refractivity contribution in [1.29, 1.82) is 5.26 Å². The predicted molar refractivity (Wildman–Crippen MR) is 116 cm³/mol. The van der Waals surface area contributed by atoms with Gasteiger partial charge in [-0.1, -0.05) is 0 Å². The van der Waals surface area contributed by atoms with Crippen molar-refractivity contribution in [2.45, 2.75) is 12.8 Å². The van der Waals surface area contributed by atoms with E-state index in [1.807, 2.05) is 33.7 Å². The second-order valence-corrected chi connectivity index (χ2v) is 8.74. The number of esters is 1. The van der Waals surface area contributed by atoms with Crippen LogP contribution in [0.2, 0.25) is 0 Å². The van der Waals surface area contributed by atoms with E-state index >= 15 is 0 Å². The quantitative estimate of drug-likeness (QED) is 0.625. The lowest BCUT2D eigenvalue weighted by atomic mass is 9.85. The highest BCUT2D eigenvalue weighted by Crippen LogP contribution is 2.37. The fourth-order valence-corrected chi connectivity index (χ4v) is 5.70. The molecule has 0 spiro atoms. The number of ether oxygens (including phenoxy) is 1. The van der Waals surface area contributed by atoms with Crippen molar-refractivity contribution in [2.75, 3.05) is 6.61 Å². The van der Waals surface area contributed by atoms with Crippen LogP contribution in [0.3, 0.4) is 0 Å². The van der Waals surface area contributed by atoms with Crippen LogP contribution in [0.25, 0.3) is 17.5 Å². The number of fused-ring (bicyclic) bond motifs is 1. The number of thiazole rings is 1. The molecule has 4 rings (SSSR count). The highest BCUT2D eigenvalue weighted by atomic mass is 32.1. The zero-order valence-electron chi connectivity index (χ0n) is 15.2. The van der Waals surface area contributed by atoms with Crippen molar-refractivity contribution in [3.8, 4) is 6.07 Å². The second kappa shape index (κ2) is 7.83. The maximum atomic E-state index is 13.1. The molecule has 146 valence electrons. The molecule has 0 bridgehead atoms. The van der Waals surface area contributed by atoms with Crippen molar-refractivity contribution in [3.05, 3.63) is 69.9 Å². The summed E-state index contributed by atoms with van der Waals surface area (Å²) < 4.78 is 7.39. The third kappa shape index (κ3) is 3.25. The van der Waals surface area contributed by atoms with Crippen LogP contribution in [0, 0.1) is 11.3 Å². The van der Waals surface area contributed by atoms with E-state index in [0.717, 1.165) is 11.1 Å². The summed E-state index contributed by atoms with van der Waals surface area (Å²) in [6.45, 7) is 1.90. The largest absolute Gasteiger partial charge is 0.463 e. The van der Waals surface area contributed by atoms with Crippen LogP contribution in [0.15, 0.2) is 44.0 Å².